The summed E-state index contributed by atoms with van der Waals surface area (Å²) in [5.41, 5.74) is 12.3. The van der Waals surface area contributed by atoms with Gasteiger partial charge in [-0.3, -0.25) is 4.57 Å². The van der Waals surface area contributed by atoms with E-state index in [-0.39, 0.29) is 26.5 Å². The Balaban J connectivity index is 0.00000348. The van der Waals surface area contributed by atoms with E-state index in [9.17, 15) is 0 Å². The summed E-state index contributed by atoms with van der Waals surface area (Å²) in [7, 11) is 0. The minimum atomic E-state index is 0. The van der Waals surface area contributed by atoms with E-state index in [2.05, 4.69) is 162 Å². The van der Waals surface area contributed by atoms with Gasteiger partial charge in [0.1, 0.15) is 5.82 Å². The smallest absolute Gasteiger partial charge is 0.268 e. The van der Waals surface area contributed by atoms with Crippen LogP contribution in [0, 0.1) is 18.5 Å². The van der Waals surface area contributed by atoms with E-state index in [0.29, 0.717) is 19.6 Å². The van der Waals surface area contributed by atoms with E-state index >= 15 is 0 Å². The Morgan fingerprint density at radius 2 is 1.53 bits per heavy atom. The van der Waals surface area contributed by atoms with E-state index in [1.165, 1.54) is 21.9 Å². The zero-order valence-electron chi connectivity index (χ0n) is 27.6. The molecule has 6 heteroatoms. The molecule has 49 heavy (non-hydrogen) atoms. The molecule has 0 saturated carbocycles. The summed E-state index contributed by atoms with van der Waals surface area (Å²) < 4.78 is 12.2. The van der Waals surface area contributed by atoms with Gasteiger partial charge in [0.25, 0.3) is 6.33 Å². The van der Waals surface area contributed by atoms with E-state index in [1.807, 2.05) is 6.20 Å². The van der Waals surface area contributed by atoms with E-state index in [4.69, 9.17) is 9.72 Å². The summed E-state index contributed by atoms with van der Waals surface area (Å²) >= 11 is 0. The minimum Gasteiger partial charge on any atom is -0.372 e. The Morgan fingerprint density at radius 3 is 2.41 bits per heavy atom. The van der Waals surface area contributed by atoms with Gasteiger partial charge in [-0.25, -0.2) is 4.98 Å². The topological polar surface area (TPSA) is 35.9 Å². The Kier molecular flexibility index (Phi) is 7.86. The monoisotopic (exact) mass is 817 g/mol. The molecule has 0 N–H and O–H groups in total. The Hall–Kier alpha value is -4.83. The second-order valence-corrected chi connectivity index (χ2v) is 13.7. The maximum atomic E-state index is 5.69. The van der Waals surface area contributed by atoms with Crippen LogP contribution >= 0.6 is 0 Å². The maximum absolute atomic E-state index is 5.69. The van der Waals surface area contributed by atoms with Crippen LogP contribution in [0.5, 0.6) is 0 Å². The SMILES string of the molecule is CC(C)(C)c1cccc(-[n+]2[c-]n(-c3[c-]c(Cc4[c-]c5c(cc4)c4ccccc4n5-c4cc5c(cn4)COC5)ccc3)c3ccccc32)c1.[Pt]. The molecule has 0 fully saturated rings. The van der Waals surface area contributed by atoms with Gasteiger partial charge in [-0.2, -0.15) is 53.6 Å². The molecule has 0 spiro atoms. The number of fused-ring (bicyclic) bond motifs is 5. The predicted octanol–water partition coefficient (Wildman–Crippen LogP) is 8.72. The van der Waals surface area contributed by atoms with Crippen molar-refractivity contribution in [2.45, 2.75) is 45.8 Å². The number of aromatic nitrogens is 4. The van der Waals surface area contributed by atoms with Crippen LogP contribution in [-0.4, -0.2) is 14.1 Å². The molecule has 0 unspecified atom stereocenters. The Bertz CT molecular complexity index is 2520. The fourth-order valence-electron chi connectivity index (χ4n) is 6.93. The molecule has 4 heterocycles. The third-order valence-corrected chi connectivity index (χ3v) is 9.45. The number of hydrogen-bond acceptors (Lipinski definition) is 2. The van der Waals surface area contributed by atoms with E-state index in [1.54, 1.807) is 0 Å². The minimum absolute atomic E-state index is 0. The number of benzene rings is 5. The van der Waals surface area contributed by atoms with Crippen LogP contribution in [0.2, 0.25) is 0 Å². The second kappa shape index (κ2) is 12.2. The van der Waals surface area contributed by atoms with Crippen molar-refractivity contribution in [1.29, 1.82) is 0 Å². The van der Waals surface area contributed by atoms with Crippen molar-refractivity contribution < 1.29 is 30.4 Å². The van der Waals surface area contributed by atoms with Crippen LogP contribution in [0.1, 0.15) is 48.6 Å². The molecule has 9 rings (SSSR count). The van der Waals surface area contributed by atoms with Crippen LogP contribution in [0.3, 0.4) is 0 Å². The third kappa shape index (κ3) is 5.52. The number of imidazole rings is 1. The predicted molar refractivity (Wildman–Crippen MR) is 190 cm³/mol. The molecular formula is C43H34N4OPt-2. The molecular weight excluding hydrogens is 784 g/mol. The summed E-state index contributed by atoms with van der Waals surface area (Å²) in [5.74, 6) is 0.892. The first-order valence-electron chi connectivity index (χ1n) is 16.5. The largest absolute Gasteiger partial charge is 0.372 e. The molecule has 0 aliphatic carbocycles. The van der Waals surface area contributed by atoms with Crippen LogP contribution in [-0.2, 0) is 50.9 Å². The summed E-state index contributed by atoms with van der Waals surface area (Å²) in [4.78, 5) is 4.87. The van der Waals surface area contributed by atoms with Gasteiger partial charge < -0.3 is 13.9 Å². The summed E-state index contributed by atoms with van der Waals surface area (Å²) in [6.07, 6.45) is 6.30. The van der Waals surface area contributed by atoms with Gasteiger partial charge in [-0.1, -0.05) is 80.9 Å². The van der Waals surface area contributed by atoms with Crippen molar-refractivity contribution in [3.8, 4) is 17.2 Å². The maximum Gasteiger partial charge on any atom is 0.268 e. The molecule has 3 aromatic heterocycles. The molecule has 0 bridgehead atoms. The van der Waals surface area contributed by atoms with Gasteiger partial charge in [-0.05, 0) is 58.3 Å². The molecule has 1 aliphatic rings. The van der Waals surface area contributed by atoms with Gasteiger partial charge in [0.15, 0.2) is 0 Å². The van der Waals surface area contributed by atoms with Gasteiger partial charge in [0, 0.05) is 38.3 Å². The standard InChI is InChI=1S/C43H34N4O.Pt/c1-43(2,3)33-11-9-13-35(24-33)46-28-45(39-16-6-7-17-40(39)46)34-12-8-10-29(21-34)20-30-18-19-37-36-14-4-5-15-38(36)47(41(37)22-30)42-23-31-26-48-27-32(31)25-44-42;/h4-19,23-25H,20,26-27H2,1-3H3;/q-2;. The third-order valence-electron chi connectivity index (χ3n) is 9.45. The molecule has 0 saturated heterocycles. The number of para-hydroxylation sites is 3. The average Bonchev–Trinajstić information content (AvgIpc) is 3.82. The van der Waals surface area contributed by atoms with Crippen molar-refractivity contribution in [3.05, 3.63) is 162 Å². The number of rotatable bonds is 5. The first kappa shape index (κ1) is 31.4. The quantitative estimate of drug-likeness (QED) is 0.129. The molecule has 0 amide bonds. The van der Waals surface area contributed by atoms with Crippen molar-refractivity contribution >= 4 is 32.8 Å². The van der Waals surface area contributed by atoms with Gasteiger partial charge in [0.05, 0.1) is 29.9 Å². The van der Waals surface area contributed by atoms with Crippen molar-refractivity contribution in [1.82, 2.24) is 14.1 Å². The fraction of sp³-hybridized carbons (Fsp3) is 0.163. The number of pyridine rings is 1. The zero-order valence-corrected chi connectivity index (χ0v) is 29.9. The molecule has 5 aromatic carbocycles. The number of nitrogens with zero attached hydrogens (tertiary/aromatic N) is 4. The molecule has 5 nitrogen and oxygen atoms in total. The summed E-state index contributed by atoms with van der Waals surface area (Å²) in [5, 5.41) is 2.36. The summed E-state index contributed by atoms with van der Waals surface area (Å²) in [6.45, 7) is 8.00. The number of hydrogen-bond donors (Lipinski definition) is 0. The first-order chi connectivity index (χ1) is 23.4. The Labute approximate surface area is 300 Å². The molecule has 244 valence electrons. The van der Waals surface area contributed by atoms with E-state index < -0.39 is 0 Å². The summed E-state index contributed by atoms with van der Waals surface area (Å²) in [6, 6.07) is 46.2. The average molecular weight is 818 g/mol. The van der Waals surface area contributed by atoms with Crippen LogP contribution in [0.4, 0.5) is 0 Å². The molecule has 0 atom stereocenters. The van der Waals surface area contributed by atoms with Crippen molar-refractivity contribution in [2.24, 2.45) is 0 Å². The normalized spacial score (nSPS) is 12.9. The Morgan fingerprint density at radius 1 is 0.755 bits per heavy atom. The zero-order chi connectivity index (χ0) is 32.4. The first-order valence-corrected chi connectivity index (χ1v) is 16.5. The van der Waals surface area contributed by atoms with Gasteiger partial charge in [0.2, 0.25) is 0 Å². The van der Waals surface area contributed by atoms with Crippen LogP contribution in [0.15, 0.2) is 115 Å². The second-order valence-electron chi connectivity index (χ2n) is 13.7. The molecule has 0 radical (unpaired) electrons. The van der Waals surface area contributed by atoms with Crippen molar-refractivity contribution in [2.75, 3.05) is 0 Å². The van der Waals surface area contributed by atoms with E-state index in [0.717, 1.165) is 55.9 Å². The fourth-order valence-corrected chi connectivity index (χ4v) is 6.93. The molecule has 1 aliphatic heterocycles. The number of ether oxygens (including phenoxy) is 1. The van der Waals surface area contributed by atoms with Crippen molar-refractivity contribution in [3.63, 3.8) is 0 Å². The van der Waals surface area contributed by atoms with Gasteiger partial charge >= 0.3 is 0 Å². The van der Waals surface area contributed by atoms with Crippen LogP contribution < -0.4 is 4.57 Å². The van der Waals surface area contributed by atoms with Gasteiger partial charge in [-0.15, -0.1) is 5.39 Å². The van der Waals surface area contributed by atoms with Crippen LogP contribution in [0.25, 0.3) is 50.0 Å². The molecule has 8 aromatic rings.